The molecule has 1 fully saturated rings. The summed E-state index contributed by atoms with van der Waals surface area (Å²) in [7, 11) is 0. The van der Waals surface area contributed by atoms with E-state index in [9.17, 15) is 4.79 Å². The standard InChI is InChI=1S/C10H10ClNO2.ClH/c11-8-3-1-2-4-9(8)12-5-6-14-7-10(12)13;/h1-4H,5-7H2;1H. The Balaban J connectivity index is 0.00000112. The van der Waals surface area contributed by atoms with Crippen molar-refractivity contribution in [3.63, 3.8) is 0 Å². The van der Waals surface area contributed by atoms with Crippen LogP contribution in [0.3, 0.4) is 0 Å². The van der Waals surface area contributed by atoms with E-state index in [4.69, 9.17) is 16.3 Å². The lowest BCUT2D eigenvalue weighted by Crippen LogP contribution is -2.41. The lowest BCUT2D eigenvalue weighted by Gasteiger charge is -2.27. The molecule has 1 heterocycles. The van der Waals surface area contributed by atoms with Gasteiger partial charge < -0.3 is 9.64 Å². The maximum absolute atomic E-state index is 11.5. The normalized spacial score (nSPS) is 16.1. The Morgan fingerprint density at radius 1 is 1.33 bits per heavy atom. The van der Waals surface area contributed by atoms with E-state index in [-0.39, 0.29) is 24.9 Å². The minimum atomic E-state index is -0.0376. The zero-order valence-corrected chi connectivity index (χ0v) is 9.55. The first-order valence-electron chi connectivity index (χ1n) is 4.41. The highest BCUT2D eigenvalue weighted by Gasteiger charge is 2.21. The molecule has 0 N–H and O–H groups in total. The number of hydrogen-bond acceptors (Lipinski definition) is 2. The number of amides is 1. The second-order valence-corrected chi connectivity index (χ2v) is 3.46. The van der Waals surface area contributed by atoms with Crippen LogP contribution in [0.4, 0.5) is 5.69 Å². The molecule has 0 bridgehead atoms. The Hall–Kier alpha value is -0.770. The third-order valence-electron chi connectivity index (χ3n) is 2.13. The number of ether oxygens (including phenoxy) is 1. The van der Waals surface area contributed by atoms with E-state index in [1.807, 2.05) is 18.2 Å². The first-order chi connectivity index (χ1) is 6.79. The molecule has 0 atom stereocenters. The number of para-hydroxylation sites is 1. The maximum Gasteiger partial charge on any atom is 0.253 e. The molecule has 1 aliphatic heterocycles. The van der Waals surface area contributed by atoms with Gasteiger partial charge in [-0.1, -0.05) is 23.7 Å². The second kappa shape index (κ2) is 5.35. The van der Waals surface area contributed by atoms with Crippen LogP contribution in [0.5, 0.6) is 0 Å². The van der Waals surface area contributed by atoms with Gasteiger partial charge in [0.25, 0.3) is 5.91 Å². The van der Waals surface area contributed by atoms with Crippen LogP contribution in [0.15, 0.2) is 24.3 Å². The Bertz CT molecular complexity index is 357. The quantitative estimate of drug-likeness (QED) is 0.761. The molecule has 3 nitrogen and oxygen atoms in total. The Labute approximate surface area is 99.4 Å². The van der Waals surface area contributed by atoms with Gasteiger partial charge in [0.15, 0.2) is 0 Å². The van der Waals surface area contributed by atoms with E-state index >= 15 is 0 Å². The molecule has 0 aliphatic carbocycles. The van der Waals surface area contributed by atoms with Crippen molar-refractivity contribution >= 4 is 35.6 Å². The van der Waals surface area contributed by atoms with Crippen molar-refractivity contribution in [2.24, 2.45) is 0 Å². The summed E-state index contributed by atoms with van der Waals surface area (Å²) in [6, 6.07) is 7.33. The SMILES string of the molecule is Cl.O=C1COCCN1c1ccccc1Cl. The molecule has 82 valence electrons. The summed E-state index contributed by atoms with van der Waals surface area (Å²) in [4.78, 5) is 13.1. The van der Waals surface area contributed by atoms with Crippen LogP contribution in [0.25, 0.3) is 0 Å². The van der Waals surface area contributed by atoms with Crippen molar-refractivity contribution in [1.29, 1.82) is 0 Å². The van der Waals surface area contributed by atoms with E-state index in [0.717, 1.165) is 5.69 Å². The monoisotopic (exact) mass is 247 g/mol. The molecule has 15 heavy (non-hydrogen) atoms. The second-order valence-electron chi connectivity index (χ2n) is 3.05. The molecule has 0 spiro atoms. The van der Waals surface area contributed by atoms with Crippen molar-refractivity contribution in [3.8, 4) is 0 Å². The first-order valence-corrected chi connectivity index (χ1v) is 4.79. The topological polar surface area (TPSA) is 29.5 Å². The van der Waals surface area contributed by atoms with Crippen LogP contribution >= 0.6 is 24.0 Å². The summed E-state index contributed by atoms with van der Waals surface area (Å²) in [5.74, 6) is -0.0376. The number of rotatable bonds is 1. The lowest BCUT2D eigenvalue weighted by molar-refractivity contribution is -0.125. The van der Waals surface area contributed by atoms with Crippen LogP contribution in [0.1, 0.15) is 0 Å². The summed E-state index contributed by atoms with van der Waals surface area (Å²) in [6.45, 7) is 1.28. The number of benzene rings is 1. The fraction of sp³-hybridized carbons (Fsp3) is 0.300. The van der Waals surface area contributed by atoms with Gasteiger partial charge in [0.2, 0.25) is 0 Å². The lowest BCUT2D eigenvalue weighted by atomic mass is 10.2. The fourth-order valence-electron chi connectivity index (χ4n) is 1.44. The van der Waals surface area contributed by atoms with E-state index in [1.54, 1.807) is 11.0 Å². The van der Waals surface area contributed by atoms with Crippen LogP contribution in [0.2, 0.25) is 5.02 Å². The highest BCUT2D eigenvalue weighted by atomic mass is 35.5. The fourth-order valence-corrected chi connectivity index (χ4v) is 1.68. The van der Waals surface area contributed by atoms with Gasteiger partial charge in [-0.2, -0.15) is 0 Å². The number of nitrogens with zero attached hydrogens (tertiary/aromatic N) is 1. The van der Waals surface area contributed by atoms with Crippen LogP contribution in [-0.2, 0) is 9.53 Å². The van der Waals surface area contributed by atoms with Gasteiger partial charge in [-0.25, -0.2) is 0 Å². The predicted molar refractivity (Wildman–Crippen MR) is 61.9 cm³/mol. The Morgan fingerprint density at radius 3 is 2.73 bits per heavy atom. The minimum absolute atomic E-state index is 0. The summed E-state index contributed by atoms with van der Waals surface area (Å²) in [5, 5.41) is 0.600. The summed E-state index contributed by atoms with van der Waals surface area (Å²) >= 11 is 5.99. The van der Waals surface area contributed by atoms with E-state index in [2.05, 4.69) is 0 Å². The first kappa shape index (κ1) is 12.3. The summed E-state index contributed by atoms with van der Waals surface area (Å²) in [6.07, 6.45) is 0. The Morgan fingerprint density at radius 2 is 2.07 bits per heavy atom. The van der Waals surface area contributed by atoms with Crippen molar-refractivity contribution in [2.45, 2.75) is 0 Å². The van der Waals surface area contributed by atoms with Crippen LogP contribution in [0, 0.1) is 0 Å². The van der Waals surface area contributed by atoms with Crippen molar-refractivity contribution < 1.29 is 9.53 Å². The van der Waals surface area contributed by atoms with Gasteiger partial charge in [0.1, 0.15) is 6.61 Å². The zero-order chi connectivity index (χ0) is 9.97. The molecule has 2 rings (SSSR count). The molecule has 1 aliphatic rings. The van der Waals surface area contributed by atoms with Crippen molar-refractivity contribution in [3.05, 3.63) is 29.3 Å². The third kappa shape index (κ3) is 2.62. The van der Waals surface area contributed by atoms with Crippen molar-refractivity contribution in [2.75, 3.05) is 24.7 Å². The molecule has 0 unspecified atom stereocenters. The number of carbonyl (C=O) groups excluding carboxylic acids is 1. The van der Waals surface area contributed by atoms with Crippen LogP contribution in [-0.4, -0.2) is 25.7 Å². The number of hydrogen-bond donors (Lipinski definition) is 0. The van der Waals surface area contributed by atoms with Crippen molar-refractivity contribution in [1.82, 2.24) is 0 Å². The molecular weight excluding hydrogens is 237 g/mol. The maximum atomic E-state index is 11.5. The largest absolute Gasteiger partial charge is 0.370 e. The number of anilines is 1. The van der Waals surface area contributed by atoms with Gasteiger partial charge in [0.05, 0.1) is 17.3 Å². The van der Waals surface area contributed by atoms with E-state index in [0.29, 0.717) is 18.2 Å². The molecule has 1 aromatic rings. The number of morpholine rings is 1. The van der Waals surface area contributed by atoms with Gasteiger partial charge in [-0.05, 0) is 12.1 Å². The summed E-state index contributed by atoms with van der Waals surface area (Å²) in [5.41, 5.74) is 0.766. The molecule has 5 heteroatoms. The highest BCUT2D eigenvalue weighted by molar-refractivity contribution is 6.33. The van der Waals surface area contributed by atoms with E-state index in [1.165, 1.54) is 0 Å². The van der Waals surface area contributed by atoms with Gasteiger partial charge in [0, 0.05) is 6.54 Å². The van der Waals surface area contributed by atoms with Gasteiger partial charge in [-0.3, -0.25) is 4.79 Å². The highest BCUT2D eigenvalue weighted by Crippen LogP contribution is 2.25. The Kier molecular flexibility index (Phi) is 4.39. The average molecular weight is 248 g/mol. The van der Waals surface area contributed by atoms with E-state index < -0.39 is 0 Å². The van der Waals surface area contributed by atoms with Gasteiger partial charge in [-0.15, -0.1) is 12.4 Å². The third-order valence-corrected chi connectivity index (χ3v) is 2.45. The molecule has 0 aromatic heterocycles. The molecule has 0 saturated carbocycles. The predicted octanol–water partition coefficient (Wildman–Crippen LogP) is 2.12. The average Bonchev–Trinajstić information content (AvgIpc) is 2.20. The molecule has 1 amide bonds. The molecular formula is C10H11Cl2NO2. The molecule has 1 aromatic carbocycles. The summed E-state index contributed by atoms with van der Waals surface area (Å²) < 4.78 is 5.04. The molecule has 1 saturated heterocycles. The zero-order valence-electron chi connectivity index (χ0n) is 7.98. The molecule has 0 radical (unpaired) electrons. The smallest absolute Gasteiger partial charge is 0.253 e. The van der Waals surface area contributed by atoms with Crippen LogP contribution < -0.4 is 4.90 Å². The minimum Gasteiger partial charge on any atom is -0.370 e. The number of halogens is 2. The number of carbonyl (C=O) groups is 1. The van der Waals surface area contributed by atoms with Gasteiger partial charge >= 0.3 is 0 Å².